The Morgan fingerprint density at radius 3 is 2.93 bits per heavy atom. The molecular formula is C18H17N5O4S2. The molecule has 0 radical (unpaired) electrons. The van der Waals surface area contributed by atoms with Gasteiger partial charge in [-0.2, -0.15) is 0 Å². The first kappa shape index (κ1) is 19.5. The van der Waals surface area contributed by atoms with Gasteiger partial charge in [-0.3, -0.25) is 24.3 Å². The highest BCUT2D eigenvalue weighted by Gasteiger charge is 2.28. The number of thioether (sulfide) groups is 1. The molecule has 1 amide bonds. The molecule has 9 nitrogen and oxygen atoms in total. The fourth-order valence-electron chi connectivity index (χ4n) is 3.25. The van der Waals surface area contributed by atoms with E-state index in [-0.39, 0.29) is 23.7 Å². The molecule has 0 saturated carbocycles. The average Bonchev–Trinajstić information content (AvgIpc) is 3.09. The number of non-ortho nitro benzene ring substituents is 1. The molecule has 4 rings (SSSR count). The summed E-state index contributed by atoms with van der Waals surface area (Å²) >= 11 is 2.58. The van der Waals surface area contributed by atoms with E-state index >= 15 is 0 Å². The molecule has 1 aromatic carbocycles. The molecule has 1 atom stereocenters. The maximum Gasteiger partial charge on any atom is 0.270 e. The number of rotatable bonds is 4. The molecular weight excluding hydrogens is 414 g/mol. The second-order valence-corrected chi connectivity index (χ2v) is 8.67. The van der Waals surface area contributed by atoms with Gasteiger partial charge in [-0.25, -0.2) is 9.97 Å². The van der Waals surface area contributed by atoms with Crippen LogP contribution in [-0.4, -0.2) is 31.1 Å². The molecule has 3 heterocycles. The summed E-state index contributed by atoms with van der Waals surface area (Å²) in [5, 5.41) is 14.7. The van der Waals surface area contributed by atoms with Crippen LogP contribution in [0.5, 0.6) is 0 Å². The Bertz CT molecular complexity index is 1200. The van der Waals surface area contributed by atoms with Crippen molar-refractivity contribution < 1.29 is 9.72 Å². The normalized spacial score (nSPS) is 15.9. The lowest BCUT2D eigenvalue weighted by Gasteiger charge is -2.24. The van der Waals surface area contributed by atoms with Gasteiger partial charge in [0.25, 0.3) is 11.2 Å². The molecule has 0 bridgehead atoms. The standard InChI is InChI=1S/C18H17N5O4S2/c1-3-12-9(2)19-18-22(16(12)25)7-10(8-28-18)15(24)21-17-20-13-5-4-11(23(26)27)6-14(13)29-17/h4-6,10H,3,7-8H2,1-2H3,(H,20,21,24). The maximum atomic E-state index is 12.8. The van der Waals surface area contributed by atoms with Gasteiger partial charge in [-0.05, 0) is 19.4 Å². The van der Waals surface area contributed by atoms with Crippen LogP contribution in [0.4, 0.5) is 10.8 Å². The zero-order chi connectivity index (χ0) is 20.7. The van der Waals surface area contributed by atoms with E-state index in [1.54, 1.807) is 10.6 Å². The quantitative estimate of drug-likeness (QED) is 0.383. The van der Waals surface area contributed by atoms with Crippen LogP contribution in [0.2, 0.25) is 0 Å². The summed E-state index contributed by atoms with van der Waals surface area (Å²) in [5.41, 5.74) is 1.88. The third-order valence-corrected chi connectivity index (χ3v) is 6.86. The minimum Gasteiger partial charge on any atom is -0.302 e. The van der Waals surface area contributed by atoms with Crippen molar-refractivity contribution in [2.75, 3.05) is 11.1 Å². The smallest absolute Gasteiger partial charge is 0.270 e. The molecule has 1 aliphatic rings. The summed E-state index contributed by atoms with van der Waals surface area (Å²) < 4.78 is 2.20. The Hall–Kier alpha value is -2.79. The van der Waals surface area contributed by atoms with Gasteiger partial charge in [0.1, 0.15) is 0 Å². The Balaban J connectivity index is 1.55. The number of aromatic nitrogens is 3. The van der Waals surface area contributed by atoms with Crippen LogP contribution in [0.25, 0.3) is 10.2 Å². The molecule has 1 aliphatic heterocycles. The number of fused-ring (bicyclic) bond motifs is 2. The number of nitro benzene ring substituents is 1. The number of nitrogens with zero attached hydrogens (tertiary/aromatic N) is 4. The highest BCUT2D eigenvalue weighted by Crippen LogP contribution is 2.31. The van der Waals surface area contributed by atoms with Crippen LogP contribution < -0.4 is 10.9 Å². The maximum absolute atomic E-state index is 12.8. The van der Waals surface area contributed by atoms with Crippen molar-refractivity contribution >= 4 is 50.0 Å². The van der Waals surface area contributed by atoms with Crippen LogP contribution in [0, 0.1) is 23.0 Å². The van der Waals surface area contributed by atoms with E-state index < -0.39 is 10.8 Å². The summed E-state index contributed by atoms with van der Waals surface area (Å²) in [6, 6.07) is 4.39. The zero-order valence-electron chi connectivity index (χ0n) is 15.7. The van der Waals surface area contributed by atoms with E-state index in [4.69, 9.17) is 0 Å². The van der Waals surface area contributed by atoms with Gasteiger partial charge in [0, 0.05) is 35.7 Å². The van der Waals surface area contributed by atoms with Crippen molar-refractivity contribution in [1.29, 1.82) is 0 Å². The number of aryl methyl sites for hydroxylation is 1. The van der Waals surface area contributed by atoms with Gasteiger partial charge >= 0.3 is 0 Å². The van der Waals surface area contributed by atoms with Gasteiger partial charge in [-0.15, -0.1) is 0 Å². The highest BCUT2D eigenvalue weighted by atomic mass is 32.2. The molecule has 0 aliphatic carbocycles. The number of hydrogen-bond donors (Lipinski definition) is 1. The van der Waals surface area contributed by atoms with Gasteiger partial charge < -0.3 is 5.32 Å². The molecule has 2 aromatic heterocycles. The second-order valence-electron chi connectivity index (χ2n) is 6.65. The minimum atomic E-state index is -0.466. The highest BCUT2D eigenvalue weighted by molar-refractivity contribution is 7.99. The second kappa shape index (κ2) is 7.56. The first-order valence-corrected chi connectivity index (χ1v) is 10.8. The zero-order valence-corrected chi connectivity index (χ0v) is 17.3. The molecule has 11 heteroatoms. The topological polar surface area (TPSA) is 120 Å². The van der Waals surface area contributed by atoms with E-state index in [9.17, 15) is 19.7 Å². The summed E-state index contributed by atoms with van der Waals surface area (Å²) in [5.74, 6) is -0.123. The SMILES string of the molecule is CCc1c(C)nc2n(c1=O)CC(C(=O)Nc1nc3ccc([N+](=O)[O-])cc3s1)CS2. The number of amides is 1. The number of benzene rings is 1. The van der Waals surface area contributed by atoms with Gasteiger partial charge in [0.2, 0.25) is 5.91 Å². The molecule has 1 unspecified atom stereocenters. The molecule has 0 fully saturated rings. The molecule has 3 aromatic rings. The average molecular weight is 431 g/mol. The fourth-order valence-corrected chi connectivity index (χ4v) is 5.27. The van der Waals surface area contributed by atoms with E-state index in [0.717, 1.165) is 5.69 Å². The summed E-state index contributed by atoms with van der Waals surface area (Å²) in [6.07, 6.45) is 0.595. The van der Waals surface area contributed by atoms with Gasteiger partial charge in [0.15, 0.2) is 10.3 Å². The summed E-state index contributed by atoms with van der Waals surface area (Å²) in [4.78, 5) is 44.7. The van der Waals surface area contributed by atoms with Gasteiger partial charge in [-0.1, -0.05) is 30.0 Å². The van der Waals surface area contributed by atoms with E-state index in [1.807, 2.05) is 13.8 Å². The van der Waals surface area contributed by atoms with Crippen molar-refractivity contribution in [3.8, 4) is 0 Å². The Labute approximate surface area is 173 Å². The largest absolute Gasteiger partial charge is 0.302 e. The Morgan fingerprint density at radius 1 is 1.41 bits per heavy atom. The first-order chi connectivity index (χ1) is 13.9. The monoisotopic (exact) mass is 431 g/mol. The van der Waals surface area contributed by atoms with E-state index in [2.05, 4.69) is 15.3 Å². The lowest BCUT2D eigenvalue weighted by molar-refractivity contribution is -0.384. The first-order valence-electron chi connectivity index (χ1n) is 8.96. The molecule has 29 heavy (non-hydrogen) atoms. The van der Waals surface area contributed by atoms with Crippen molar-refractivity contribution in [2.45, 2.75) is 32.0 Å². The number of nitrogens with one attached hydrogen (secondary N) is 1. The number of carbonyl (C=O) groups excluding carboxylic acids is 1. The van der Waals surface area contributed by atoms with E-state index in [0.29, 0.717) is 38.2 Å². The van der Waals surface area contributed by atoms with Crippen LogP contribution in [0.3, 0.4) is 0 Å². The third kappa shape index (κ3) is 3.62. The lowest BCUT2D eigenvalue weighted by atomic mass is 10.1. The Kier molecular flexibility index (Phi) is 5.09. The molecule has 0 spiro atoms. The van der Waals surface area contributed by atoms with Crippen LogP contribution >= 0.6 is 23.1 Å². The van der Waals surface area contributed by atoms with Crippen molar-refractivity contribution in [1.82, 2.24) is 14.5 Å². The lowest BCUT2D eigenvalue weighted by Crippen LogP contribution is -2.38. The Morgan fingerprint density at radius 2 is 2.21 bits per heavy atom. The summed E-state index contributed by atoms with van der Waals surface area (Å²) in [6.45, 7) is 4.01. The summed E-state index contributed by atoms with van der Waals surface area (Å²) in [7, 11) is 0. The number of hydrogen-bond acceptors (Lipinski definition) is 8. The van der Waals surface area contributed by atoms with Crippen molar-refractivity contribution in [3.63, 3.8) is 0 Å². The number of anilines is 1. The number of thiazole rings is 1. The predicted molar refractivity (Wildman–Crippen MR) is 112 cm³/mol. The minimum absolute atomic E-state index is 0.0202. The predicted octanol–water partition coefficient (Wildman–Crippen LogP) is 2.99. The van der Waals surface area contributed by atoms with Crippen LogP contribution in [0.15, 0.2) is 28.2 Å². The van der Waals surface area contributed by atoms with Gasteiger partial charge in [0.05, 0.1) is 21.1 Å². The molecule has 1 N–H and O–H groups in total. The third-order valence-electron chi connectivity index (χ3n) is 4.79. The fraction of sp³-hybridized carbons (Fsp3) is 0.333. The number of nitro groups is 1. The van der Waals surface area contributed by atoms with Crippen LogP contribution in [-0.2, 0) is 17.8 Å². The van der Waals surface area contributed by atoms with E-state index in [1.165, 1.54) is 35.2 Å². The number of carbonyl (C=O) groups is 1. The van der Waals surface area contributed by atoms with Crippen LogP contribution in [0.1, 0.15) is 18.2 Å². The van der Waals surface area contributed by atoms with Crippen molar-refractivity contribution in [2.24, 2.45) is 5.92 Å². The van der Waals surface area contributed by atoms with Crippen molar-refractivity contribution in [3.05, 3.63) is 49.9 Å². The molecule has 150 valence electrons. The molecule has 0 saturated heterocycles.